The number of carbonyl (C=O) groups excluding carboxylic acids is 1. The van der Waals surface area contributed by atoms with Crippen molar-refractivity contribution in [3.8, 4) is 0 Å². The van der Waals surface area contributed by atoms with Gasteiger partial charge >= 0.3 is 0 Å². The molecular formula is C15H15FN2OS. The summed E-state index contributed by atoms with van der Waals surface area (Å²) in [6, 6.07) is 6.34. The largest absolute Gasteiger partial charge is 0.302 e. The van der Waals surface area contributed by atoms with Gasteiger partial charge in [0.25, 0.3) is 0 Å². The van der Waals surface area contributed by atoms with Gasteiger partial charge in [0, 0.05) is 17.7 Å². The van der Waals surface area contributed by atoms with Crippen molar-refractivity contribution >= 4 is 22.4 Å². The Morgan fingerprint density at radius 2 is 2.30 bits per heavy atom. The Morgan fingerprint density at radius 1 is 1.45 bits per heavy atom. The molecule has 0 atom stereocenters. The summed E-state index contributed by atoms with van der Waals surface area (Å²) in [5.74, 6) is 0.257. The van der Waals surface area contributed by atoms with E-state index in [1.165, 1.54) is 36.3 Å². The molecular weight excluding hydrogens is 275 g/mol. The van der Waals surface area contributed by atoms with Crippen LogP contribution in [-0.2, 0) is 11.2 Å². The van der Waals surface area contributed by atoms with Crippen molar-refractivity contribution in [2.75, 3.05) is 5.32 Å². The number of thiazole rings is 1. The number of aromatic nitrogens is 1. The van der Waals surface area contributed by atoms with Crippen LogP contribution in [-0.4, -0.2) is 10.9 Å². The smallest absolute Gasteiger partial charge is 0.226 e. The fourth-order valence-electron chi connectivity index (χ4n) is 2.04. The second-order valence-electron chi connectivity index (χ2n) is 5.03. The Balaban J connectivity index is 1.51. The van der Waals surface area contributed by atoms with Gasteiger partial charge in [0.15, 0.2) is 5.13 Å². The number of rotatable bonds is 5. The van der Waals surface area contributed by atoms with Gasteiger partial charge in [0.1, 0.15) is 5.82 Å². The van der Waals surface area contributed by atoms with Crippen LogP contribution in [0, 0.1) is 5.82 Å². The topological polar surface area (TPSA) is 42.0 Å². The van der Waals surface area contributed by atoms with Gasteiger partial charge in [-0.2, -0.15) is 0 Å². The van der Waals surface area contributed by atoms with Crippen molar-refractivity contribution in [1.82, 2.24) is 4.98 Å². The summed E-state index contributed by atoms with van der Waals surface area (Å²) in [5, 5.41) is 5.48. The van der Waals surface area contributed by atoms with Crippen LogP contribution in [0.3, 0.4) is 0 Å². The average molecular weight is 290 g/mol. The number of halogens is 1. The van der Waals surface area contributed by atoms with Crippen molar-refractivity contribution in [2.45, 2.75) is 31.6 Å². The number of aryl methyl sites for hydroxylation is 1. The minimum absolute atomic E-state index is 0.0778. The maximum Gasteiger partial charge on any atom is 0.226 e. The van der Waals surface area contributed by atoms with Gasteiger partial charge < -0.3 is 5.32 Å². The number of nitrogens with zero attached hydrogens (tertiary/aromatic N) is 1. The number of benzene rings is 1. The molecule has 0 aliphatic heterocycles. The highest BCUT2D eigenvalue weighted by Gasteiger charge is 2.26. The van der Waals surface area contributed by atoms with Crippen LogP contribution in [0.5, 0.6) is 0 Å². The molecule has 20 heavy (non-hydrogen) atoms. The lowest BCUT2D eigenvalue weighted by atomic mass is 10.1. The molecule has 0 spiro atoms. The molecule has 1 aromatic carbocycles. The number of hydrogen-bond acceptors (Lipinski definition) is 3. The van der Waals surface area contributed by atoms with E-state index in [9.17, 15) is 9.18 Å². The number of nitrogens with one attached hydrogen (secondary N) is 1. The third-order valence-electron chi connectivity index (χ3n) is 3.29. The molecule has 1 aliphatic rings. The van der Waals surface area contributed by atoms with Gasteiger partial charge in [-0.1, -0.05) is 12.1 Å². The molecule has 3 nitrogen and oxygen atoms in total. The zero-order valence-electron chi connectivity index (χ0n) is 10.9. The Morgan fingerprint density at radius 3 is 3.05 bits per heavy atom. The van der Waals surface area contributed by atoms with Gasteiger partial charge in [0.05, 0.1) is 5.69 Å². The lowest BCUT2D eigenvalue weighted by molar-refractivity contribution is -0.116. The van der Waals surface area contributed by atoms with E-state index in [-0.39, 0.29) is 11.7 Å². The molecule has 5 heteroatoms. The molecule has 0 bridgehead atoms. The van der Waals surface area contributed by atoms with E-state index in [1.54, 1.807) is 6.07 Å². The summed E-state index contributed by atoms with van der Waals surface area (Å²) in [7, 11) is 0. The molecule has 1 heterocycles. The number of anilines is 1. The maximum absolute atomic E-state index is 13.0. The van der Waals surface area contributed by atoms with Crippen LogP contribution in [0.2, 0.25) is 0 Å². The van der Waals surface area contributed by atoms with E-state index in [4.69, 9.17) is 0 Å². The maximum atomic E-state index is 13.0. The lowest BCUT2D eigenvalue weighted by Crippen LogP contribution is -2.12. The van der Waals surface area contributed by atoms with Crippen LogP contribution in [0.1, 0.15) is 36.4 Å². The van der Waals surface area contributed by atoms with E-state index in [2.05, 4.69) is 10.3 Å². The Labute approximate surface area is 120 Å². The molecule has 104 valence electrons. The van der Waals surface area contributed by atoms with Crippen molar-refractivity contribution in [3.05, 3.63) is 46.7 Å². The molecule has 1 aliphatic carbocycles. The van der Waals surface area contributed by atoms with E-state index in [0.29, 0.717) is 23.9 Å². The van der Waals surface area contributed by atoms with Gasteiger partial charge in [-0.05, 0) is 37.0 Å². The van der Waals surface area contributed by atoms with Crippen molar-refractivity contribution < 1.29 is 9.18 Å². The van der Waals surface area contributed by atoms with E-state index >= 15 is 0 Å². The minimum Gasteiger partial charge on any atom is -0.302 e. The standard InChI is InChI=1S/C15H15FN2OS/c16-12-3-1-2-10(8-12)4-7-14(19)18-15-17-13(9-20-15)11-5-6-11/h1-3,8-9,11H,4-7H2,(H,17,18,19). The first-order valence-electron chi connectivity index (χ1n) is 6.70. The zero-order chi connectivity index (χ0) is 13.9. The molecule has 1 saturated carbocycles. The number of carbonyl (C=O) groups is 1. The van der Waals surface area contributed by atoms with Gasteiger partial charge in [-0.25, -0.2) is 9.37 Å². The SMILES string of the molecule is O=C(CCc1cccc(F)c1)Nc1nc(C2CC2)cs1. The third-order valence-corrected chi connectivity index (χ3v) is 4.07. The molecule has 0 unspecified atom stereocenters. The molecule has 1 N–H and O–H groups in total. The highest BCUT2D eigenvalue weighted by Crippen LogP contribution is 2.40. The monoisotopic (exact) mass is 290 g/mol. The number of hydrogen-bond donors (Lipinski definition) is 1. The fourth-order valence-corrected chi connectivity index (χ4v) is 2.85. The summed E-state index contributed by atoms with van der Waals surface area (Å²) in [6.07, 6.45) is 3.28. The first-order chi connectivity index (χ1) is 9.70. The first-order valence-corrected chi connectivity index (χ1v) is 7.58. The van der Waals surface area contributed by atoms with Crippen LogP contribution in [0.4, 0.5) is 9.52 Å². The van der Waals surface area contributed by atoms with Gasteiger partial charge in [0.2, 0.25) is 5.91 Å². The predicted molar refractivity (Wildman–Crippen MR) is 77.4 cm³/mol. The molecule has 1 fully saturated rings. The van der Waals surface area contributed by atoms with E-state index in [0.717, 1.165) is 11.3 Å². The second kappa shape index (κ2) is 5.71. The van der Waals surface area contributed by atoms with E-state index in [1.807, 2.05) is 11.4 Å². The first kappa shape index (κ1) is 13.2. The average Bonchev–Trinajstić information content (AvgIpc) is 3.18. The molecule has 2 aromatic rings. The number of amides is 1. The normalized spacial score (nSPS) is 14.2. The molecule has 3 rings (SSSR count). The van der Waals surface area contributed by atoms with Crippen molar-refractivity contribution in [3.63, 3.8) is 0 Å². The quantitative estimate of drug-likeness (QED) is 0.911. The minimum atomic E-state index is -0.267. The predicted octanol–water partition coefficient (Wildman–Crippen LogP) is 3.73. The Hall–Kier alpha value is -1.75. The fraction of sp³-hybridized carbons (Fsp3) is 0.333. The van der Waals surface area contributed by atoms with Crippen LogP contribution >= 0.6 is 11.3 Å². The molecule has 1 aromatic heterocycles. The molecule has 0 radical (unpaired) electrons. The molecule has 1 amide bonds. The van der Waals surface area contributed by atoms with Gasteiger partial charge in [-0.3, -0.25) is 4.79 Å². The molecule has 0 saturated heterocycles. The van der Waals surface area contributed by atoms with Crippen LogP contribution < -0.4 is 5.32 Å². The van der Waals surface area contributed by atoms with Gasteiger partial charge in [-0.15, -0.1) is 11.3 Å². The summed E-state index contributed by atoms with van der Waals surface area (Å²) in [5.41, 5.74) is 1.92. The Bertz CT molecular complexity index is 622. The van der Waals surface area contributed by atoms with Crippen molar-refractivity contribution in [1.29, 1.82) is 0 Å². The van der Waals surface area contributed by atoms with Crippen LogP contribution in [0.15, 0.2) is 29.6 Å². The Kier molecular flexibility index (Phi) is 3.78. The summed E-state index contributed by atoms with van der Waals surface area (Å²) in [6.45, 7) is 0. The zero-order valence-corrected chi connectivity index (χ0v) is 11.8. The van der Waals surface area contributed by atoms with E-state index < -0.39 is 0 Å². The second-order valence-corrected chi connectivity index (χ2v) is 5.89. The third kappa shape index (κ3) is 3.42. The summed E-state index contributed by atoms with van der Waals surface area (Å²) in [4.78, 5) is 16.2. The highest BCUT2D eigenvalue weighted by atomic mass is 32.1. The summed E-state index contributed by atoms with van der Waals surface area (Å²) < 4.78 is 13.0. The van der Waals surface area contributed by atoms with Crippen LogP contribution in [0.25, 0.3) is 0 Å². The summed E-state index contributed by atoms with van der Waals surface area (Å²) >= 11 is 1.47. The lowest BCUT2D eigenvalue weighted by Gasteiger charge is -2.02. The highest BCUT2D eigenvalue weighted by molar-refractivity contribution is 7.13. The van der Waals surface area contributed by atoms with Crippen molar-refractivity contribution in [2.24, 2.45) is 0 Å².